The smallest absolute Gasteiger partial charge is 0.276 e. The number of rotatable bonds is 5. The van der Waals surface area contributed by atoms with Gasteiger partial charge in [0.05, 0.1) is 11.4 Å². The molecule has 0 unspecified atom stereocenters. The zero-order valence-corrected chi connectivity index (χ0v) is 11.1. The molecule has 0 aliphatic heterocycles. The lowest BCUT2D eigenvalue weighted by Crippen LogP contribution is -2.31. The van der Waals surface area contributed by atoms with E-state index in [0.717, 1.165) is 18.5 Å². The Morgan fingerprint density at radius 1 is 1.53 bits per heavy atom. The van der Waals surface area contributed by atoms with Gasteiger partial charge in [0.2, 0.25) is 0 Å². The van der Waals surface area contributed by atoms with Gasteiger partial charge in [0.25, 0.3) is 5.91 Å². The largest absolute Gasteiger partial charge is 0.395 e. The SMILES string of the molecule is CCCc1[nH]nc(C(=O)N(C)CC(C)C)c1N. The maximum absolute atomic E-state index is 12.1. The second-order valence-corrected chi connectivity index (χ2v) is 4.79. The second-order valence-electron chi connectivity index (χ2n) is 4.79. The number of aromatic amines is 1. The molecule has 1 rings (SSSR count). The highest BCUT2D eigenvalue weighted by Gasteiger charge is 2.20. The normalized spacial score (nSPS) is 10.9. The number of carbonyl (C=O) groups excluding carboxylic acids is 1. The predicted molar refractivity (Wildman–Crippen MR) is 68.8 cm³/mol. The standard InChI is InChI=1S/C12H22N4O/c1-5-6-9-10(13)11(15-14-9)12(17)16(4)7-8(2)3/h8H,5-7,13H2,1-4H3,(H,14,15). The molecular weight excluding hydrogens is 216 g/mol. The highest BCUT2D eigenvalue weighted by molar-refractivity contribution is 5.97. The summed E-state index contributed by atoms with van der Waals surface area (Å²) in [6, 6.07) is 0. The first-order valence-corrected chi connectivity index (χ1v) is 6.05. The summed E-state index contributed by atoms with van der Waals surface area (Å²) < 4.78 is 0. The Bertz CT molecular complexity index is 384. The molecule has 0 aromatic carbocycles. The number of nitrogens with zero attached hydrogens (tertiary/aromatic N) is 2. The van der Waals surface area contributed by atoms with E-state index >= 15 is 0 Å². The van der Waals surface area contributed by atoms with Gasteiger partial charge in [-0.1, -0.05) is 27.2 Å². The van der Waals surface area contributed by atoms with Crippen LogP contribution in [0.3, 0.4) is 0 Å². The number of aryl methyl sites for hydroxylation is 1. The Kier molecular flexibility index (Phi) is 4.54. The van der Waals surface area contributed by atoms with E-state index in [1.54, 1.807) is 11.9 Å². The maximum Gasteiger partial charge on any atom is 0.276 e. The third-order valence-electron chi connectivity index (χ3n) is 2.57. The predicted octanol–water partition coefficient (Wildman–Crippen LogP) is 1.67. The van der Waals surface area contributed by atoms with Gasteiger partial charge in [-0.15, -0.1) is 0 Å². The fourth-order valence-electron chi connectivity index (χ4n) is 1.80. The second kappa shape index (κ2) is 5.70. The summed E-state index contributed by atoms with van der Waals surface area (Å²) in [6.07, 6.45) is 1.79. The summed E-state index contributed by atoms with van der Waals surface area (Å²) in [6.45, 7) is 6.90. The van der Waals surface area contributed by atoms with Gasteiger partial charge in [-0.05, 0) is 12.3 Å². The molecule has 1 heterocycles. The van der Waals surface area contributed by atoms with Crippen LogP contribution >= 0.6 is 0 Å². The zero-order chi connectivity index (χ0) is 13.0. The van der Waals surface area contributed by atoms with Gasteiger partial charge in [0.15, 0.2) is 5.69 Å². The fourth-order valence-corrected chi connectivity index (χ4v) is 1.80. The molecule has 96 valence electrons. The van der Waals surface area contributed by atoms with E-state index in [1.807, 2.05) is 0 Å². The molecule has 5 heteroatoms. The van der Waals surface area contributed by atoms with Gasteiger partial charge in [0.1, 0.15) is 0 Å². The molecule has 0 saturated heterocycles. The van der Waals surface area contributed by atoms with Crippen LogP contribution in [0.5, 0.6) is 0 Å². The van der Waals surface area contributed by atoms with Crippen LogP contribution in [0.4, 0.5) is 5.69 Å². The lowest BCUT2D eigenvalue weighted by atomic mass is 10.2. The van der Waals surface area contributed by atoms with Gasteiger partial charge in [-0.25, -0.2) is 0 Å². The van der Waals surface area contributed by atoms with E-state index < -0.39 is 0 Å². The molecule has 0 saturated carbocycles. The number of H-pyrrole nitrogens is 1. The lowest BCUT2D eigenvalue weighted by molar-refractivity contribution is 0.0774. The van der Waals surface area contributed by atoms with Crippen LogP contribution in [0.15, 0.2) is 0 Å². The topological polar surface area (TPSA) is 75.0 Å². The van der Waals surface area contributed by atoms with Crippen molar-refractivity contribution >= 4 is 11.6 Å². The summed E-state index contributed by atoms with van der Waals surface area (Å²) in [7, 11) is 1.77. The van der Waals surface area contributed by atoms with Crippen molar-refractivity contribution in [2.24, 2.45) is 5.92 Å². The minimum Gasteiger partial charge on any atom is -0.395 e. The first-order chi connectivity index (χ1) is 7.97. The summed E-state index contributed by atoms with van der Waals surface area (Å²) in [4.78, 5) is 13.7. The monoisotopic (exact) mass is 238 g/mol. The summed E-state index contributed by atoms with van der Waals surface area (Å²) in [5.74, 6) is 0.314. The van der Waals surface area contributed by atoms with Crippen molar-refractivity contribution in [3.05, 3.63) is 11.4 Å². The first-order valence-electron chi connectivity index (χ1n) is 6.05. The van der Waals surface area contributed by atoms with Crippen molar-refractivity contribution in [2.75, 3.05) is 19.3 Å². The quantitative estimate of drug-likeness (QED) is 0.819. The Balaban J connectivity index is 2.82. The van der Waals surface area contributed by atoms with Crippen molar-refractivity contribution in [3.8, 4) is 0 Å². The van der Waals surface area contributed by atoms with Crippen molar-refractivity contribution in [3.63, 3.8) is 0 Å². The average molecular weight is 238 g/mol. The molecule has 1 amide bonds. The van der Waals surface area contributed by atoms with Crippen molar-refractivity contribution < 1.29 is 4.79 Å². The van der Waals surface area contributed by atoms with Gasteiger partial charge in [-0.2, -0.15) is 5.10 Å². The minimum atomic E-state index is -0.116. The number of amides is 1. The van der Waals surface area contributed by atoms with E-state index in [9.17, 15) is 4.79 Å². The number of nitrogens with one attached hydrogen (secondary N) is 1. The number of nitrogen functional groups attached to an aromatic ring is 1. The van der Waals surface area contributed by atoms with Gasteiger partial charge < -0.3 is 10.6 Å². The number of anilines is 1. The molecule has 3 N–H and O–H groups in total. The molecule has 0 aliphatic rings. The average Bonchev–Trinajstić information content (AvgIpc) is 2.59. The molecule has 5 nitrogen and oxygen atoms in total. The molecule has 17 heavy (non-hydrogen) atoms. The summed E-state index contributed by atoms with van der Waals surface area (Å²) in [5.41, 5.74) is 7.61. The molecule has 0 spiro atoms. The Hall–Kier alpha value is -1.52. The number of nitrogens with two attached hydrogens (primary N) is 1. The van der Waals surface area contributed by atoms with Crippen molar-refractivity contribution in [1.29, 1.82) is 0 Å². The highest BCUT2D eigenvalue weighted by Crippen LogP contribution is 2.17. The molecular formula is C12H22N4O. The van der Waals surface area contributed by atoms with E-state index in [2.05, 4.69) is 31.0 Å². The molecule has 1 aromatic rings. The highest BCUT2D eigenvalue weighted by atomic mass is 16.2. The van der Waals surface area contributed by atoms with E-state index in [4.69, 9.17) is 5.73 Å². The van der Waals surface area contributed by atoms with Crippen LogP contribution in [0.2, 0.25) is 0 Å². The molecule has 0 atom stereocenters. The van der Waals surface area contributed by atoms with Crippen LogP contribution < -0.4 is 5.73 Å². The van der Waals surface area contributed by atoms with E-state index in [1.165, 1.54) is 0 Å². The first kappa shape index (κ1) is 13.5. The Morgan fingerprint density at radius 3 is 2.71 bits per heavy atom. The van der Waals surface area contributed by atoms with Gasteiger partial charge >= 0.3 is 0 Å². The molecule has 0 fully saturated rings. The maximum atomic E-state index is 12.1. The lowest BCUT2D eigenvalue weighted by Gasteiger charge is -2.18. The molecule has 0 radical (unpaired) electrons. The number of hydrogen-bond acceptors (Lipinski definition) is 3. The molecule has 0 aliphatic carbocycles. The summed E-state index contributed by atoms with van der Waals surface area (Å²) in [5, 5.41) is 6.86. The van der Waals surface area contributed by atoms with E-state index in [-0.39, 0.29) is 5.91 Å². The Labute approximate surface area is 102 Å². The minimum absolute atomic E-state index is 0.116. The Morgan fingerprint density at radius 2 is 2.18 bits per heavy atom. The number of hydrogen-bond donors (Lipinski definition) is 2. The van der Waals surface area contributed by atoms with Crippen LogP contribution in [-0.4, -0.2) is 34.6 Å². The summed E-state index contributed by atoms with van der Waals surface area (Å²) >= 11 is 0. The number of aromatic nitrogens is 2. The van der Waals surface area contributed by atoms with E-state index in [0.29, 0.717) is 23.8 Å². The van der Waals surface area contributed by atoms with Gasteiger partial charge in [-0.3, -0.25) is 9.89 Å². The molecule has 1 aromatic heterocycles. The third-order valence-corrected chi connectivity index (χ3v) is 2.57. The van der Waals surface area contributed by atoms with Crippen molar-refractivity contribution in [2.45, 2.75) is 33.6 Å². The van der Waals surface area contributed by atoms with Crippen LogP contribution in [-0.2, 0) is 6.42 Å². The zero-order valence-electron chi connectivity index (χ0n) is 11.1. The molecule has 0 bridgehead atoms. The third kappa shape index (κ3) is 3.22. The van der Waals surface area contributed by atoms with Crippen molar-refractivity contribution in [1.82, 2.24) is 15.1 Å². The fraction of sp³-hybridized carbons (Fsp3) is 0.667. The number of carbonyl (C=O) groups is 1. The van der Waals surface area contributed by atoms with Gasteiger partial charge in [0, 0.05) is 13.6 Å². The van der Waals surface area contributed by atoms with Crippen LogP contribution in [0.1, 0.15) is 43.4 Å². The van der Waals surface area contributed by atoms with Crippen LogP contribution in [0.25, 0.3) is 0 Å². The van der Waals surface area contributed by atoms with Crippen LogP contribution in [0, 0.1) is 5.92 Å².